The normalized spacial score (nSPS) is 32.3. The molecule has 0 radical (unpaired) electrons. The van der Waals surface area contributed by atoms with Crippen molar-refractivity contribution in [1.82, 2.24) is 5.32 Å². The van der Waals surface area contributed by atoms with Gasteiger partial charge in [0, 0.05) is 6.04 Å². The van der Waals surface area contributed by atoms with Crippen LogP contribution in [0.4, 0.5) is 0 Å². The van der Waals surface area contributed by atoms with Gasteiger partial charge in [-0.3, -0.25) is 10.1 Å². The summed E-state index contributed by atoms with van der Waals surface area (Å²) in [5.41, 5.74) is -0.0683. The first-order valence-corrected chi connectivity index (χ1v) is 8.23. The summed E-state index contributed by atoms with van der Waals surface area (Å²) in [6.07, 6.45) is 9.11. The Balaban J connectivity index is 2.04. The summed E-state index contributed by atoms with van der Waals surface area (Å²) in [5.74, 6) is 0.669. The summed E-state index contributed by atoms with van der Waals surface area (Å²) >= 11 is 0. The minimum absolute atomic E-state index is 0.0447. The lowest BCUT2D eigenvalue weighted by atomic mass is 9.67. The predicted octanol–water partition coefficient (Wildman–Crippen LogP) is 3.67. The number of nitrogens with one attached hydrogen (secondary N) is 1. The average Bonchev–Trinajstić information content (AvgIpc) is 2.90. The summed E-state index contributed by atoms with van der Waals surface area (Å²) in [6, 6.07) is 0.514. The molecule has 2 saturated carbocycles. The molecule has 0 spiro atoms. The molecule has 0 aromatic heterocycles. The van der Waals surface area contributed by atoms with Crippen LogP contribution in [-0.2, 0) is 9.53 Å². The van der Waals surface area contributed by atoms with Crippen LogP contribution in [0.15, 0.2) is 0 Å². The molecule has 1 N–H and O–H groups in total. The van der Waals surface area contributed by atoms with E-state index in [0.717, 1.165) is 25.7 Å². The summed E-state index contributed by atoms with van der Waals surface area (Å²) in [7, 11) is 1.52. The lowest BCUT2D eigenvalue weighted by Gasteiger charge is -2.44. The second-order valence-electron chi connectivity index (χ2n) is 7.84. The van der Waals surface area contributed by atoms with Gasteiger partial charge in [0.1, 0.15) is 5.54 Å². The monoisotopic (exact) mass is 281 g/mol. The summed E-state index contributed by atoms with van der Waals surface area (Å²) in [6.45, 7) is 6.94. The zero-order chi connectivity index (χ0) is 14.8. The van der Waals surface area contributed by atoms with Crippen LogP contribution < -0.4 is 5.32 Å². The zero-order valence-electron chi connectivity index (χ0n) is 13.6. The Bertz CT molecular complexity index is 331. The highest BCUT2D eigenvalue weighted by molar-refractivity contribution is 5.81. The van der Waals surface area contributed by atoms with E-state index in [1.807, 2.05) is 0 Å². The SMILES string of the molecule is COC(=O)C1(NC2CCCC2)CCC(C(C)(C)C)CC1. The number of methoxy groups -OCH3 is 1. The topological polar surface area (TPSA) is 38.3 Å². The van der Waals surface area contributed by atoms with Crippen molar-refractivity contribution in [2.24, 2.45) is 11.3 Å². The van der Waals surface area contributed by atoms with Gasteiger partial charge in [0.2, 0.25) is 0 Å². The van der Waals surface area contributed by atoms with Gasteiger partial charge in [-0.1, -0.05) is 33.6 Å². The molecule has 3 heteroatoms. The highest BCUT2D eigenvalue weighted by atomic mass is 16.5. The Kier molecular flexibility index (Phi) is 4.78. The molecule has 2 rings (SSSR count). The lowest BCUT2D eigenvalue weighted by Crippen LogP contribution is -2.58. The molecule has 2 fully saturated rings. The van der Waals surface area contributed by atoms with Crippen LogP contribution in [0, 0.1) is 11.3 Å². The number of hydrogen-bond acceptors (Lipinski definition) is 3. The molecule has 2 aliphatic rings. The van der Waals surface area contributed by atoms with Gasteiger partial charge in [0.05, 0.1) is 7.11 Å². The molecule has 0 aromatic carbocycles. The number of carbonyl (C=O) groups is 1. The first-order chi connectivity index (χ1) is 9.37. The van der Waals surface area contributed by atoms with Gasteiger partial charge in [0.15, 0.2) is 0 Å². The molecule has 0 heterocycles. The molecular formula is C17H31NO2. The van der Waals surface area contributed by atoms with Crippen LogP contribution >= 0.6 is 0 Å². The first-order valence-electron chi connectivity index (χ1n) is 8.23. The molecule has 2 aliphatic carbocycles. The van der Waals surface area contributed by atoms with Crippen molar-refractivity contribution < 1.29 is 9.53 Å². The summed E-state index contributed by atoms with van der Waals surface area (Å²) < 4.78 is 5.12. The molecule has 116 valence electrons. The second-order valence-corrected chi connectivity index (χ2v) is 7.84. The highest BCUT2D eigenvalue weighted by Gasteiger charge is 2.45. The van der Waals surface area contributed by atoms with Crippen LogP contribution in [0.1, 0.15) is 72.1 Å². The Hall–Kier alpha value is -0.570. The van der Waals surface area contributed by atoms with Gasteiger partial charge < -0.3 is 4.74 Å². The van der Waals surface area contributed by atoms with Crippen LogP contribution in [0.25, 0.3) is 0 Å². The van der Waals surface area contributed by atoms with E-state index in [4.69, 9.17) is 4.74 Å². The number of carbonyl (C=O) groups excluding carboxylic acids is 1. The minimum atomic E-state index is -0.411. The van der Waals surface area contributed by atoms with Gasteiger partial charge in [-0.15, -0.1) is 0 Å². The zero-order valence-corrected chi connectivity index (χ0v) is 13.6. The Morgan fingerprint density at radius 1 is 1.10 bits per heavy atom. The fourth-order valence-corrected chi connectivity index (χ4v) is 4.04. The van der Waals surface area contributed by atoms with Crippen molar-refractivity contribution in [1.29, 1.82) is 0 Å². The van der Waals surface area contributed by atoms with Crippen molar-refractivity contribution in [2.45, 2.75) is 83.7 Å². The lowest BCUT2D eigenvalue weighted by molar-refractivity contribution is -0.151. The Labute approximate surface area is 123 Å². The van der Waals surface area contributed by atoms with Crippen LogP contribution in [-0.4, -0.2) is 24.7 Å². The van der Waals surface area contributed by atoms with Crippen molar-refractivity contribution in [3.63, 3.8) is 0 Å². The quantitative estimate of drug-likeness (QED) is 0.802. The third-order valence-electron chi connectivity index (χ3n) is 5.48. The summed E-state index contributed by atoms with van der Waals surface area (Å²) in [5, 5.41) is 3.68. The predicted molar refractivity (Wildman–Crippen MR) is 81.6 cm³/mol. The van der Waals surface area contributed by atoms with Gasteiger partial charge in [-0.2, -0.15) is 0 Å². The van der Waals surface area contributed by atoms with E-state index in [2.05, 4.69) is 26.1 Å². The number of rotatable bonds is 3. The molecule has 0 aromatic rings. The molecular weight excluding hydrogens is 250 g/mol. The fourth-order valence-electron chi connectivity index (χ4n) is 4.04. The maximum atomic E-state index is 12.3. The fraction of sp³-hybridized carbons (Fsp3) is 0.941. The molecule has 20 heavy (non-hydrogen) atoms. The van der Waals surface area contributed by atoms with Crippen molar-refractivity contribution in [3.05, 3.63) is 0 Å². The Morgan fingerprint density at radius 2 is 1.65 bits per heavy atom. The van der Waals surface area contributed by atoms with E-state index in [0.29, 0.717) is 17.4 Å². The van der Waals surface area contributed by atoms with E-state index < -0.39 is 5.54 Å². The maximum Gasteiger partial charge on any atom is 0.326 e. The van der Waals surface area contributed by atoms with Crippen molar-refractivity contribution >= 4 is 5.97 Å². The average molecular weight is 281 g/mol. The van der Waals surface area contributed by atoms with Crippen molar-refractivity contribution in [2.75, 3.05) is 7.11 Å². The Morgan fingerprint density at radius 3 is 2.10 bits per heavy atom. The van der Waals surface area contributed by atoms with E-state index >= 15 is 0 Å². The maximum absolute atomic E-state index is 12.3. The molecule has 3 nitrogen and oxygen atoms in total. The second kappa shape index (κ2) is 6.05. The van der Waals surface area contributed by atoms with E-state index in [1.165, 1.54) is 32.8 Å². The number of hydrogen-bond donors (Lipinski definition) is 1. The van der Waals surface area contributed by atoms with Crippen LogP contribution in [0.2, 0.25) is 0 Å². The highest BCUT2D eigenvalue weighted by Crippen LogP contribution is 2.42. The minimum Gasteiger partial charge on any atom is -0.468 e. The van der Waals surface area contributed by atoms with E-state index in [1.54, 1.807) is 0 Å². The summed E-state index contributed by atoms with van der Waals surface area (Å²) in [4.78, 5) is 12.3. The molecule has 0 amide bonds. The van der Waals surface area contributed by atoms with Gasteiger partial charge in [0.25, 0.3) is 0 Å². The van der Waals surface area contributed by atoms with Gasteiger partial charge in [-0.25, -0.2) is 0 Å². The third kappa shape index (κ3) is 3.36. The van der Waals surface area contributed by atoms with Crippen LogP contribution in [0.3, 0.4) is 0 Å². The first kappa shape index (κ1) is 15.8. The van der Waals surface area contributed by atoms with Crippen LogP contribution in [0.5, 0.6) is 0 Å². The van der Waals surface area contributed by atoms with Gasteiger partial charge >= 0.3 is 5.97 Å². The van der Waals surface area contributed by atoms with Crippen molar-refractivity contribution in [3.8, 4) is 0 Å². The molecule has 0 aliphatic heterocycles. The van der Waals surface area contributed by atoms with E-state index in [9.17, 15) is 4.79 Å². The largest absolute Gasteiger partial charge is 0.468 e. The number of ether oxygens (including phenoxy) is 1. The smallest absolute Gasteiger partial charge is 0.326 e. The standard InChI is InChI=1S/C17H31NO2/c1-16(2,3)13-9-11-17(12-10-13,15(19)20-4)18-14-7-5-6-8-14/h13-14,18H,5-12H2,1-4H3. The molecule has 0 unspecified atom stereocenters. The molecule has 0 atom stereocenters. The number of esters is 1. The molecule has 0 saturated heterocycles. The van der Waals surface area contributed by atoms with Gasteiger partial charge in [-0.05, 0) is 49.9 Å². The van der Waals surface area contributed by atoms with E-state index in [-0.39, 0.29) is 5.97 Å². The third-order valence-corrected chi connectivity index (χ3v) is 5.48. The molecule has 0 bridgehead atoms.